The van der Waals surface area contributed by atoms with E-state index in [0.29, 0.717) is 19.6 Å². The molecular weight excluding hydrogens is 354 g/mol. The van der Waals surface area contributed by atoms with E-state index >= 15 is 0 Å². The summed E-state index contributed by atoms with van der Waals surface area (Å²) in [6, 6.07) is 0. The Morgan fingerprint density at radius 3 is 1.59 bits per heavy atom. The van der Waals surface area contributed by atoms with Crippen LogP contribution < -0.4 is 10.6 Å². The molecule has 0 aliphatic heterocycles. The van der Waals surface area contributed by atoms with E-state index < -0.39 is 29.7 Å². The van der Waals surface area contributed by atoms with Crippen molar-refractivity contribution in [2.75, 3.05) is 19.8 Å². The standard InChI is InChI=1S/C18H35N3O6/c1-9-24-13(25-10-2)11-12-19-14(20-15(22)26-17(3,4)5)21-16(23)27-18(6,7)8/h13H,9-12H2,1-8H3,(H2,19,20,21,22,23). The molecule has 0 aromatic heterocycles. The monoisotopic (exact) mass is 389 g/mol. The third-order valence-corrected chi connectivity index (χ3v) is 2.58. The molecule has 0 radical (unpaired) electrons. The molecule has 158 valence electrons. The zero-order chi connectivity index (χ0) is 21.1. The fourth-order valence-corrected chi connectivity index (χ4v) is 1.78. The molecule has 0 aromatic rings. The van der Waals surface area contributed by atoms with Crippen LogP contribution >= 0.6 is 0 Å². The summed E-state index contributed by atoms with van der Waals surface area (Å²) in [7, 11) is 0. The lowest BCUT2D eigenvalue weighted by Crippen LogP contribution is -2.47. The summed E-state index contributed by atoms with van der Waals surface area (Å²) in [5, 5.41) is 4.85. The van der Waals surface area contributed by atoms with Crippen molar-refractivity contribution in [3.05, 3.63) is 0 Å². The van der Waals surface area contributed by atoms with Crippen molar-refractivity contribution >= 4 is 18.1 Å². The van der Waals surface area contributed by atoms with E-state index in [1.165, 1.54) is 0 Å². The van der Waals surface area contributed by atoms with E-state index in [2.05, 4.69) is 15.6 Å². The van der Waals surface area contributed by atoms with Gasteiger partial charge < -0.3 is 18.9 Å². The molecule has 9 nitrogen and oxygen atoms in total. The van der Waals surface area contributed by atoms with Gasteiger partial charge in [-0.3, -0.25) is 15.6 Å². The van der Waals surface area contributed by atoms with Gasteiger partial charge in [-0.2, -0.15) is 0 Å². The number of amides is 2. The Bertz CT molecular complexity index is 456. The third kappa shape index (κ3) is 14.9. The van der Waals surface area contributed by atoms with Gasteiger partial charge in [0.25, 0.3) is 0 Å². The molecule has 0 spiro atoms. The van der Waals surface area contributed by atoms with Gasteiger partial charge >= 0.3 is 12.2 Å². The van der Waals surface area contributed by atoms with Crippen molar-refractivity contribution in [3.63, 3.8) is 0 Å². The first-order chi connectivity index (χ1) is 12.4. The van der Waals surface area contributed by atoms with Crippen LogP contribution in [-0.2, 0) is 18.9 Å². The normalized spacial score (nSPS) is 11.7. The maximum absolute atomic E-state index is 12.0. The number of carbonyl (C=O) groups excluding carboxylic acids is 2. The van der Waals surface area contributed by atoms with E-state index in [4.69, 9.17) is 18.9 Å². The molecule has 9 heteroatoms. The summed E-state index contributed by atoms with van der Waals surface area (Å²) < 4.78 is 21.3. The molecule has 0 saturated heterocycles. The fraction of sp³-hybridized carbons (Fsp3) is 0.833. The van der Waals surface area contributed by atoms with E-state index in [0.717, 1.165) is 0 Å². The predicted molar refractivity (Wildman–Crippen MR) is 103 cm³/mol. The van der Waals surface area contributed by atoms with Crippen LogP contribution in [0.1, 0.15) is 61.8 Å². The number of alkyl carbamates (subject to hydrolysis) is 2. The van der Waals surface area contributed by atoms with Crippen LogP contribution in [0.5, 0.6) is 0 Å². The van der Waals surface area contributed by atoms with Gasteiger partial charge in [-0.25, -0.2) is 9.59 Å². The Balaban J connectivity index is 4.98. The number of ether oxygens (including phenoxy) is 4. The lowest BCUT2D eigenvalue weighted by molar-refractivity contribution is -0.137. The third-order valence-electron chi connectivity index (χ3n) is 2.58. The van der Waals surface area contributed by atoms with Crippen molar-refractivity contribution in [3.8, 4) is 0 Å². The number of guanidine groups is 1. The first-order valence-electron chi connectivity index (χ1n) is 9.14. The van der Waals surface area contributed by atoms with Crippen molar-refractivity contribution in [2.45, 2.75) is 79.3 Å². The van der Waals surface area contributed by atoms with E-state index in [9.17, 15) is 9.59 Å². The lowest BCUT2D eigenvalue weighted by Gasteiger charge is -2.22. The second kappa shape index (κ2) is 11.8. The SMILES string of the molecule is CCOC(CCN=C(NC(=O)OC(C)(C)C)NC(=O)OC(C)(C)C)OCC. The number of nitrogens with one attached hydrogen (secondary N) is 2. The maximum Gasteiger partial charge on any atom is 0.414 e. The molecular formula is C18H35N3O6. The predicted octanol–water partition coefficient (Wildman–Crippen LogP) is 3.18. The maximum atomic E-state index is 12.0. The lowest BCUT2D eigenvalue weighted by atomic mass is 10.2. The molecule has 0 bridgehead atoms. The summed E-state index contributed by atoms with van der Waals surface area (Å²) in [6.45, 7) is 15.4. The van der Waals surface area contributed by atoms with Crippen LogP contribution in [0.25, 0.3) is 0 Å². The largest absolute Gasteiger partial charge is 0.444 e. The highest BCUT2D eigenvalue weighted by Crippen LogP contribution is 2.08. The van der Waals surface area contributed by atoms with Gasteiger partial charge in [0.2, 0.25) is 5.96 Å². The van der Waals surface area contributed by atoms with Gasteiger partial charge in [-0.05, 0) is 55.4 Å². The van der Waals surface area contributed by atoms with Gasteiger partial charge in [-0.15, -0.1) is 0 Å². The molecule has 2 amide bonds. The topological polar surface area (TPSA) is 107 Å². The summed E-state index contributed by atoms with van der Waals surface area (Å²) >= 11 is 0. The van der Waals surface area contributed by atoms with E-state index in [1.54, 1.807) is 41.5 Å². The number of nitrogens with zero attached hydrogens (tertiary/aromatic N) is 1. The highest BCUT2D eigenvalue weighted by Gasteiger charge is 2.21. The number of hydrogen-bond donors (Lipinski definition) is 2. The van der Waals surface area contributed by atoms with Gasteiger partial charge in [-0.1, -0.05) is 0 Å². The minimum Gasteiger partial charge on any atom is -0.444 e. The molecule has 0 saturated carbocycles. The Morgan fingerprint density at radius 2 is 1.26 bits per heavy atom. The Morgan fingerprint density at radius 1 is 0.852 bits per heavy atom. The first kappa shape index (κ1) is 25.1. The molecule has 0 unspecified atom stereocenters. The quantitative estimate of drug-likeness (QED) is 0.393. The zero-order valence-electron chi connectivity index (χ0n) is 17.8. The number of hydrogen-bond acceptors (Lipinski definition) is 7. The summed E-state index contributed by atoms with van der Waals surface area (Å²) in [4.78, 5) is 28.2. The average molecular weight is 389 g/mol. The minimum atomic E-state index is -0.733. The molecule has 0 aliphatic carbocycles. The molecule has 2 N–H and O–H groups in total. The van der Waals surface area contributed by atoms with Crippen LogP contribution in [0.15, 0.2) is 4.99 Å². The van der Waals surface area contributed by atoms with Crippen LogP contribution in [0.4, 0.5) is 9.59 Å². The number of aliphatic imine (C=N–C) groups is 1. The average Bonchev–Trinajstić information content (AvgIpc) is 2.43. The van der Waals surface area contributed by atoms with Crippen LogP contribution in [0, 0.1) is 0 Å². The second-order valence-electron chi connectivity index (χ2n) is 7.61. The fourth-order valence-electron chi connectivity index (χ4n) is 1.78. The van der Waals surface area contributed by atoms with Gasteiger partial charge in [0, 0.05) is 26.2 Å². The number of carbonyl (C=O) groups is 2. The highest BCUT2D eigenvalue weighted by molar-refractivity contribution is 6.01. The molecule has 0 atom stereocenters. The summed E-state index contributed by atoms with van der Waals surface area (Å²) in [6.07, 6.45) is -1.42. The molecule has 0 fully saturated rings. The van der Waals surface area contributed by atoms with Crippen LogP contribution in [0.3, 0.4) is 0 Å². The van der Waals surface area contributed by atoms with Crippen molar-refractivity contribution < 1.29 is 28.5 Å². The van der Waals surface area contributed by atoms with Gasteiger partial charge in [0.05, 0.1) is 0 Å². The Kier molecular flexibility index (Phi) is 10.9. The Labute approximate surface area is 162 Å². The summed E-state index contributed by atoms with van der Waals surface area (Å²) in [5.74, 6) is -0.0646. The second-order valence-corrected chi connectivity index (χ2v) is 7.61. The van der Waals surface area contributed by atoms with Crippen molar-refractivity contribution in [1.29, 1.82) is 0 Å². The van der Waals surface area contributed by atoms with Crippen LogP contribution in [0.2, 0.25) is 0 Å². The highest BCUT2D eigenvalue weighted by atomic mass is 16.7. The summed E-state index contributed by atoms with van der Waals surface area (Å²) in [5.41, 5.74) is -1.37. The number of rotatable bonds is 7. The minimum absolute atomic E-state index is 0.0646. The van der Waals surface area contributed by atoms with Crippen molar-refractivity contribution in [2.24, 2.45) is 4.99 Å². The molecule has 0 rings (SSSR count). The van der Waals surface area contributed by atoms with Gasteiger partial charge in [0.15, 0.2) is 6.29 Å². The zero-order valence-corrected chi connectivity index (χ0v) is 17.8. The molecule has 0 aromatic carbocycles. The molecule has 0 aliphatic rings. The first-order valence-corrected chi connectivity index (χ1v) is 9.14. The van der Waals surface area contributed by atoms with Crippen molar-refractivity contribution in [1.82, 2.24) is 10.6 Å². The molecule has 0 heterocycles. The molecule has 27 heavy (non-hydrogen) atoms. The van der Waals surface area contributed by atoms with E-state index in [-0.39, 0.29) is 12.5 Å². The van der Waals surface area contributed by atoms with Gasteiger partial charge in [0.1, 0.15) is 11.2 Å². The van der Waals surface area contributed by atoms with Crippen LogP contribution in [-0.4, -0.2) is 55.4 Å². The Hall–Kier alpha value is -1.87. The smallest absolute Gasteiger partial charge is 0.414 e. The van der Waals surface area contributed by atoms with E-state index in [1.807, 2.05) is 13.8 Å².